The lowest BCUT2D eigenvalue weighted by Crippen LogP contribution is -2.38. The van der Waals surface area contributed by atoms with Gasteiger partial charge in [0.25, 0.3) is 0 Å². The summed E-state index contributed by atoms with van der Waals surface area (Å²) < 4.78 is 26.9. The average Bonchev–Trinajstić information content (AvgIpc) is 2.32. The highest BCUT2D eigenvalue weighted by Gasteiger charge is 2.18. The summed E-state index contributed by atoms with van der Waals surface area (Å²) in [6.45, 7) is 3.99. The van der Waals surface area contributed by atoms with Gasteiger partial charge in [0.15, 0.2) is 0 Å². The van der Waals surface area contributed by atoms with Gasteiger partial charge < -0.3 is 10.6 Å². The number of rotatable bonds is 5. The van der Waals surface area contributed by atoms with Crippen molar-refractivity contribution in [3.8, 4) is 0 Å². The first-order chi connectivity index (χ1) is 8.65. The molecule has 0 amide bonds. The Morgan fingerprint density at radius 3 is 2.47 bits per heavy atom. The monoisotopic (exact) mass is 305 g/mol. The first-order valence-electron chi connectivity index (χ1n) is 5.87. The second-order valence-electron chi connectivity index (χ2n) is 4.81. The van der Waals surface area contributed by atoms with Crippen molar-refractivity contribution in [1.82, 2.24) is 9.62 Å². The van der Waals surface area contributed by atoms with Crippen molar-refractivity contribution in [2.75, 3.05) is 26.4 Å². The Morgan fingerprint density at radius 1 is 1.42 bits per heavy atom. The molecule has 0 spiro atoms. The van der Waals surface area contributed by atoms with E-state index in [2.05, 4.69) is 4.72 Å². The third kappa shape index (κ3) is 4.07. The van der Waals surface area contributed by atoms with Crippen LogP contribution >= 0.6 is 11.6 Å². The molecular formula is C12H20ClN3O2S. The van der Waals surface area contributed by atoms with Crippen LogP contribution in [0.4, 0.5) is 5.69 Å². The number of nitrogens with one attached hydrogen (secondary N) is 1. The molecule has 19 heavy (non-hydrogen) atoms. The number of anilines is 1. The van der Waals surface area contributed by atoms with Crippen molar-refractivity contribution in [2.24, 2.45) is 0 Å². The highest BCUT2D eigenvalue weighted by Crippen LogP contribution is 2.26. The molecule has 3 N–H and O–H groups in total. The Kier molecular flexibility index (Phi) is 5.20. The van der Waals surface area contributed by atoms with Crippen LogP contribution in [0.15, 0.2) is 17.0 Å². The summed E-state index contributed by atoms with van der Waals surface area (Å²) in [5, 5.41) is 0.389. The van der Waals surface area contributed by atoms with Gasteiger partial charge in [-0.25, -0.2) is 13.1 Å². The Labute approximate surface area is 119 Å². The van der Waals surface area contributed by atoms with Crippen molar-refractivity contribution in [1.29, 1.82) is 0 Å². The summed E-state index contributed by atoms with van der Waals surface area (Å²) >= 11 is 5.92. The van der Waals surface area contributed by atoms with Gasteiger partial charge in [0.1, 0.15) is 0 Å². The van der Waals surface area contributed by atoms with Crippen LogP contribution in [0.3, 0.4) is 0 Å². The topological polar surface area (TPSA) is 75.4 Å². The molecule has 0 aromatic heterocycles. The highest BCUT2D eigenvalue weighted by molar-refractivity contribution is 7.89. The van der Waals surface area contributed by atoms with Crippen LogP contribution in [0, 0.1) is 6.92 Å². The molecular weight excluding hydrogens is 286 g/mol. The number of nitrogens with zero attached hydrogens (tertiary/aromatic N) is 1. The lowest BCUT2D eigenvalue weighted by Gasteiger charge is -2.20. The van der Waals surface area contributed by atoms with E-state index in [0.717, 1.165) is 0 Å². The van der Waals surface area contributed by atoms with Crippen LogP contribution in [0.1, 0.15) is 12.5 Å². The number of aryl methyl sites for hydroxylation is 1. The van der Waals surface area contributed by atoms with E-state index in [9.17, 15) is 8.42 Å². The largest absolute Gasteiger partial charge is 0.397 e. The third-order valence-corrected chi connectivity index (χ3v) is 4.94. The quantitative estimate of drug-likeness (QED) is 0.808. The minimum atomic E-state index is -3.57. The van der Waals surface area contributed by atoms with E-state index in [1.165, 1.54) is 12.1 Å². The van der Waals surface area contributed by atoms with Gasteiger partial charge in [-0.15, -0.1) is 0 Å². The van der Waals surface area contributed by atoms with Crippen LogP contribution in [-0.4, -0.2) is 40.0 Å². The number of likely N-dealkylation sites (N-methyl/N-ethyl adjacent to an activating group) is 1. The molecule has 5 nitrogen and oxygen atoms in total. The van der Waals surface area contributed by atoms with Gasteiger partial charge in [0, 0.05) is 12.6 Å². The summed E-state index contributed by atoms with van der Waals surface area (Å²) in [6.07, 6.45) is 0. The lowest BCUT2D eigenvalue weighted by molar-refractivity contribution is 0.314. The average molecular weight is 306 g/mol. The summed E-state index contributed by atoms with van der Waals surface area (Å²) in [4.78, 5) is 2.07. The molecule has 0 saturated heterocycles. The second-order valence-corrected chi connectivity index (χ2v) is 6.95. The first kappa shape index (κ1) is 16.2. The number of hydrogen-bond donors (Lipinski definition) is 2. The van der Waals surface area contributed by atoms with E-state index in [0.29, 0.717) is 17.1 Å². The molecule has 0 heterocycles. The molecule has 1 atom stereocenters. The van der Waals surface area contributed by atoms with E-state index in [1.807, 2.05) is 25.9 Å². The molecule has 0 fully saturated rings. The predicted octanol–water partition coefficient (Wildman–Crippen LogP) is 1.46. The Hall–Kier alpha value is -0.820. The molecule has 1 rings (SSSR count). The molecule has 0 aliphatic heterocycles. The number of hydrogen-bond acceptors (Lipinski definition) is 4. The van der Waals surface area contributed by atoms with E-state index in [-0.39, 0.29) is 16.6 Å². The first-order valence-corrected chi connectivity index (χ1v) is 7.73. The molecule has 1 aromatic rings. The highest BCUT2D eigenvalue weighted by atomic mass is 35.5. The maximum absolute atomic E-state index is 12.1. The fourth-order valence-electron chi connectivity index (χ4n) is 1.41. The Morgan fingerprint density at radius 2 is 2.00 bits per heavy atom. The zero-order valence-corrected chi connectivity index (χ0v) is 13.1. The smallest absolute Gasteiger partial charge is 0.240 e. The molecule has 0 aliphatic carbocycles. The molecule has 0 aliphatic rings. The maximum Gasteiger partial charge on any atom is 0.240 e. The number of benzene rings is 1. The lowest BCUT2D eigenvalue weighted by atomic mass is 10.2. The van der Waals surface area contributed by atoms with E-state index in [1.54, 1.807) is 6.92 Å². The maximum atomic E-state index is 12.1. The molecule has 0 radical (unpaired) electrons. The molecule has 0 bridgehead atoms. The van der Waals surface area contributed by atoms with Gasteiger partial charge in [0.2, 0.25) is 10.0 Å². The van der Waals surface area contributed by atoms with Crippen molar-refractivity contribution in [3.63, 3.8) is 0 Å². The molecule has 0 saturated carbocycles. The number of sulfonamides is 1. The molecule has 1 unspecified atom stereocenters. The SMILES string of the molecule is Cc1cc(S(=O)(=O)NCC(C)N(C)C)cc(N)c1Cl. The van der Waals surface area contributed by atoms with Crippen LogP contribution in [0.2, 0.25) is 5.02 Å². The normalized spacial score (nSPS) is 13.8. The third-order valence-electron chi connectivity index (χ3n) is 3.02. The number of halogens is 1. The van der Waals surface area contributed by atoms with Gasteiger partial charge in [-0.3, -0.25) is 0 Å². The van der Waals surface area contributed by atoms with Crippen LogP contribution in [0.5, 0.6) is 0 Å². The minimum absolute atomic E-state index is 0.0977. The summed E-state index contributed by atoms with van der Waals surface area (Å²) in [5.74, 6) is 0. The Balaban J connectivity index is 2.95. The van der Waals surface area contributed by atoms with Crippen molar-refractivity contribution in [3.05, 3.63) is 22.7 Å². The van der Waals surface area contributed by atoms with Crippen LogP contribution < -0.4 is 10.5 Å². The van der Waals surface area contributed by atoms with Crippen LogP contribution in [-0.2, 0) is 10.0 Å². The minimum Gasteiger partial charge on any atom is -0.397 e. The van der Waals surface area contributed by atoms with Gasteiger partial charge in [-0.2, -0.15) is 0 Å². The fourth-order valence-corrected chi connectivity index (χ4v) is 2.76. The predicted molar refractivity (Wildman–Crippen MR) is 78.9 cm³/mol. The van der Waals surface area contributed by atoms with Gasteiger partial charge in [-0.05, 0) is 45.6 Å². The zero-order valence-electron chi connectivity index (χ0n) is 11.6. The van der Waals surface area contributed by atoms with Crippen molar-refractivity contribution < 1.29 is 8.42 Å². The van der Waals surface area contributed by atoms with Crippen molar-refractivity contribution in [2.45, 2.75) is 24.8 Å². The zero-order chi connectivity index (χ0) is 14.8. The van der Waals surface area contributed by atoms with E-state index >= 15 is 0 Å². The Bertz CT molecular complexity index is 535. The van der Waals surface area contributed by atoms with Gasteiger partial charge in [0.05, 0.1) is 15.6 Å². The summed E-state index contributed by atoms with van der Waals surface area (Å²) in [7, 11) is 0.219. The summed E-state index contributed by atoms with van der Waals surface area (Å²) in [6, 6.07) is 2.99. The molecule has 1 aromatic carbocycles. The standard InChI is InChI=1S/C12H20ClN3O2S/c1-8-5-10(6-11(14)12(8)13)19(17,18)15-7-9(2)16(3)4/h5-6,9,15H,7,14H2,1-4H3. The fraction of sp³-hybridized carbons (Fsp3) is 0.500. The number of nitrogen functional groups attached to an aromatic ring is 1. The van der Waals surface area contributed by atoms with E-state index in [4.69, 9.17) is 17.3 Å². The van der Waals surface area contributed by atoms with Crippen LogP contribution in [0.25, 0.3) is 0 Å². The van der Waals surface area contributed by atoms with Crippen molar-refractivity contribution >= 4 is 27.3 Å². The van der Waals surface area contributed by atoms with E-state index < -0.39 is 10.0 Å². The molecule has 7 heteroatoms. The second kappa shape index (κ2) is 6.09. The number of nitrogens with two attached hydrogens (primary N) is 1. The summed E-state index contributed by atoms with van der Waals surface area (Å²) in [5.41, 5.74) is 6.60. The molecule has 108 valence electrons. The van der Waals surface area contributed by atoms with Gasteiger partial charge >= 0.3 is 0 Å². The van der Waals surface area contributed by atoms with Gasteiger partial charge in [-0.1, -0.05) is 11.6 Å².